The summed E-state index contributed by atoms with van der Waals surface area (Å²) in [5.41, 5.74) is 0.574. The Hall–Kier alpha value is -1.16. The Morgan fingerprint density at radius 3 is 2.44 bits per heavy atom. The van der Waals surface area contributed by atoms with Gasteiger partial charge in [-0.25, -0.2) is 9.97 Å². The molecule has 0 aromatic carbocycles. The van der Waals surface area contributed by atoms with Gasteiger partial charge in [0, 0.05) is 5.92 Å². The first-order chi connectivity index (χ1) is 7.49. The summed E-state index contributed by atoms with van der Waals surface area (Å²) in [6.45, 7) is 6.09. The molecule has 88 valence electrons. The van der Waals surface area contributed by atoms with Crippen LogP contribution in [0.5, 0.6) is 0 Å². The molecule has 0 aliphatic heterocycles. The number of anilines is 1. The van der Waals surface area contributed by atoms with Gasteiger partial charge in [0.05, 0.1) is 18.1 Å². The molecule has 0 saturated heterocycles. The zero-order valence-electron chi connectivity index (χ0n) is 9.70. The highest BCUT2D eigenvalue weighted by molar-refractivity contribution is 6.28. The van der Waals surface area contributed by atoms with Gasteiger partial charge < -0.3 is 5.32 Å². The Balaban J connectivity index is 2.54. The Bertz CT molecular complexity index is 351. The predicted molar refractivity (Wildman–Crippen MR) is 64.3 cm³/mol. The van der Waals surface area contributed by atoms with Gasteiger partial charge in [-0.15, -0.1) is 0 Å². The van der Waals surface area contributed by atoms with Gasteiger partial charge in [0.1, 0.15) is 0 Å². The topological polar surface area (TPSA) is 54.9 Å². The van der Waals surface area contributed by atoms with Crippen LogP contribution in [0.15, 0.2) is 12.4 Å². The smallest absolute Gasteiger partial charge is 0.227 e. The molecule has 0 radical (unpaired) electrons. The highest BCUT2D eigenvalue weighted by Gasteiger charge is 2.14. The van der Waals surface area contributed by atoms with Crippen LogP contribution in [0.2, 0.25) is 5.28 Å². The van der Waals surface area contributed by atoms with Crippen molar-refractivity contribution in [1.82, 2.24) is 9.97 Å². The van der Waals surface area contributed by atoms with E-state index in [2.05, 4.69) is 29.1 Å². The van der Waals surface area contributed by atoms with Crippen molar-refractivity contribution in [1.29, 1.82) is 0 Å². The Morgan fingerprint density at radius 1 is 1.38 bits per heavy atom. The molecule has 1 amide bonds. The number of hydrogen-bond donors (Lipinski definition) is 1. The van der Waals surface area contributed by atoms with Crippen molar-refractivity contribution in [3.63, 3.8) is 0 Å². The van der Waals surface area contributed by atoms with E-state index in [1.54, 1.807) is 0 Å². The molecule has 0 spiro atoms. The van der Waals surface area contributed by atoms with Crippen LogP contribution >= 0.6 is 11.6 Å². The second kappa shape index (κ2) is 5.80. The molecule has 1 N–H and O–H groups in total. The predicted octanol–water partition coefficient (Wildman–Crippen LogP) is 2.75. The second-order valence-corrected chi connectivity index (χ2v) is 4.60. The summed E-state index contributed by atoms with van der Waals surface area (Å²) in [5.74, 6) is 0.470. The lowest BCUT2D eigenvalue weighted by molar-refractivity contribution is -0.119. The molecule has 0 aliphatic rings. The average Bonchev–Trinajstić information content (AvgIpc) is 2.20. The quantitative estimate of drug-likeness (QED) is 0.825. The summed E-state index contributed by atoms with van der Waals surface area (Å²) in [6.07, 6.45) is 3.85. The minimum atomic E-state index is -0.0179. The molecule has 1 unspecified atom stereocenters. The molecule has 1 heterocycles. The largest absolute Gasteiger partial charge is 0.323 e. The maximum absolute atomic E-state index is 11.7. The van der Waals surface area contributed by atoms with E-state index >= 15 is 0 Å². The van der Waals surface area contributed by atoms with Crippen molar-refractivity contribution >= 4 is 23.2 Å². The molecule has 1 aromatic rings. The van der Waals surface area contributed by atoms with Crippen LogP contribution in [0.1, 0.15) is 27.2 Å². The van der Waals surface area contributed by atoms with E-state index in [0.29, 0.717) is 11.6 Å². The molecule has 0 aliphatic carbocycles. The van der Waals surface area contributed by atoms with Crippen LogP contribution < -0.4 is 5.32 Å². The van der Waals surface area contributed by atoms with Crippen molar-refractivity contribution in [2.45, 2.75) is 27.2 Å². The summed E-state index contributed by atoms with van der Waals surface area (Å²) in [7, 11) is 0. The Kier molecular flexibility index (Phi) is 4.68. The number of halogens is 1. The molecule has 4 nitrogen and oxygen atoms in total. The van der Waals surface area contributed by atoms with E-state index in [1.165, 1.54) is 12.4 Å². The number of rotatable bonds is 4. The molecule has 5 heteroatoms. The lowest BCUT2D eigenvalue weighted by atomic mass is 9.98. The number of amides is 1. The Labute approximate surface area is 100 Å². The Morgan fingerprint density at radius 2 is 1.94 bits per heavy atom. The molecule has 1 aromatic heterocycles. The fourth-order valence-electron chi connectivity index (χ4n) is 1.46. The zero-order chi connectivity index (χ0) is 12.1. The summed E-state index contributed by atoms with van der Waals surface area (Å²) in [5, 5.41) is 2.93. The van der Waals surface area contributed by atoms with Gasteiger partial charge >= 0.3 is 0 Å². The van der Waals surface area contributed by atoms with Crippen LogP contribution in [0, 0.1) is 11.8 Å². The van der Waals surface area contributed by atoms with Crippen LogP contribution in [0.4, 0.5) is 5.69 Å². The van der Waals surface area contributed by atoms with E-state index in [4.69, 9.17) is 11.6 Å². The summed E-state index contributed by atoms with van der Waals surface area (Å²) >= 11 is 5.54. The molecular weight excluding hydrogens is 226 g/mol. The number of nitrogens with one attached hydrogen (secondary N) is 1. The number of aromatic nitrogens is 2. The van der Waals surface area contributed by atoms with Crippen molar-refractivity contribution in [3.05, 3.63) is 17.7 Å². The fraction of sp³-hybridized carbons (Fsp3) is 0.545. The van der Waals surface area contributed by atoms with E-state index in [9.17, 15) is 4.79 Å². The van der Waals surface area contributed by atoms with Crippen molar-refractivity contribution < 1.29 is 4.79 Å². The normalized spacial score (nSPS) is 12.6. The van der Waals surface area contributed by atoms with Gasteiger partial charge in [0.25, 0.3) is 0 Å². The van der Waals surface area contributed by atoms with Crippen molar-refractivity contribution in [2.24, 2.45) is 11.8 Å². The van der Waals surface area contributed by atoms with E-state index in [1.807, 2.05) is 6.92 Å². The third-order valence-corrected chi connectivity index (χ3v) is 2.36. The standard InChI is InChI=1S/C11H16ClN3O/c1-7(2)4-8(3)10(16)15-9-5-13-11(12)14-6-9/h5-8H,4H2,1-3H3,(H,15,16). The van der Waals surface area contributed by atoms with Gasteiger partial charge in [-0.05, 0) is 23.9 Å². The fourth-order valence-corrected chi connectivity index (χ4v) is 1.55. The highest BCUT2D eigenvalue weighted by Crippen LogP contribution is 2.14. The summed E-state index contributed by atoms with van der Waals surface area (Å²) < 4.78 is 0. The highest BCUT2D eigenvalue weighted by atomic mass is 35.5. The first kappa shape index (κ1) is 12.9. The monoisotopic (exact) mass is 241 g/mol. The maximum atomic E-state index is 11.7. The zero-order valence-corrected chi connectivity index (χ0v) is 10.5. The van der Waals surface area contributed by atoms with Gasteiger partial charge in [-0.3, -0.25) is 4.79 Å². The van der Waals surface area contributed by atoms with Crippen molar-refractivity contribution in [2.75, 3.05) is 5.32 Å². The maximum Gasteiger partial charge on any atom is 0.227 e. The van der Waals surface area contributed by atoms with Crippen LogP contribution in [-0.4, -0.2) is 15.9 Å². The van der Waals surface area contributed by atoms with E-state index < -0.39 is 0 Å². The van der Waals surface area contributed by atoms with E-state index in [-0.39, 0.29) is 17.1 Å². The molecule has 0 bridgehead atoms. The third kappa shape index (κ3) is 4.14. The lowest BCUT2D eigenvalue weighted by Crippen LogP contribution is -2.21. The van der Waals surface area contributed by atoms with Crippen LogP contribution in [0.3, 0.4) is 0 Å². The first-order valence-corrected chi connectivity index (χ1v) is 5.65. The number of hydrogen-bond acceptors (Lipinski definition) is 3. The SMILES string of the molecule is CC(C)CC(C)C(=O)Nc1cnc(Cl)nc1. The molecule has 0 saturated carbocycles. The third-order valence-electron chi connectivity index (χ3n) is 2.16. The molecule has 1 atom stereocenters. The number of carbonyl (C=O) groups is 1. The summed E-state index contributed by atoms with van der Waals surface area (Å²) in [4.78, 5) is 19.3. The van der Waals surface area contributed by atoms with Gasteiger partial charge in [-0.1, -0.05) is 20.8 Å². The average molecular weight is 242 g/mol. The van der Waals surface area contributed by atoms with Crippen molar-refractivity contribution in [3.8, 4) is 0 Å². The number of carbonyl (C=O) groups excluding carboxylic acids is 1. The summed E-state index contributed by atoms with van der Waals surface area (Å²) in [6, 6.07) is 0. The molecule has 0 fully saturated rings. The van der Waals surface area contributed by atoms with Gasteiger partial charge in [0.15, 0.2) is 0 Å². The molecular formula is C11H16ClN3O. The van der Waals surface area contributed by atoms with E-state index in [0.717, 1.165) is 6.42 Å². The molecule has 1 rings (SSSR count). The second-order valence-electron chi connectivity index (χ2n) is 4.26. The minimum Gasteiger partial charge on any atom is -0.323 e. The lowest BCUT2D eigenvalue weighted by Gasteiger charge is -2.13. The minimum absolute atomic E-state index is 0.0142. The van der Waals surface area contributed by atoms with Gasteiger partial charge in [-0.2, -0.15) is 0 Å². The van der Waals surface area contributed by atoms with Crippen LogP contribution in [-0.2, 0) is 4.79 Å². The number of nitrogens with zero attached hydrogens (tertiary/aromatic N) is 2. The molecule has 16 heavy (non-hydrogen) atoms. The van der Waals surface area contributed by atoms with Crippen LogP contribution in [0.25, 0.3) is 0 Å². The van der Waals surface area contributed by atoms with Gasteiger partial charge in [0.2, 0.25) is 11.2 Å². The first-order valence-electron chi connectivity index (χ1n) is 5.27.